The molecule has 2 heterocycles. The van der Waals surface area contributed by atoms with Crippen molar-refractivity contribution in [2.24, 2.45) is 5.92 Å². The lowest BCUT2D eigenvalue weighted by Crippen LogP contribution is -2.42. The average Bonchev–Trinajstić information content (AvgIpc) is 2.70. The van der Waals surface area contributed by atoms with Crippen LogP contribution in [0.5, 0.6) is 0 Å². The molecule has 0 aliphatic carbocycles. The Morgan fingerprint density at radius 3 is 2.84 bits per heavy atom. The zero-order valence-electron chi connectivity index (χ0n) is 11.6. The molecule has 0 saturated carbocycles. The number of halogens is 2. The second-order valence-corrected chi connectivity index (χ2v) is 8.47. The molecule has 2 unspecified atom stereocenters. The summed E-state index contributed by atoms with van der Waals surface area (Å²) < 4.78 is 2.41. The van der Waals surface area contributed by atoms with Crippen molar-refractivity contribution in [1.82, 2.24) is 10.2 Å². The summed E-state index contributed by atoms with van der Waals surface area (Å²) in [5, 5.41) is 3.38. The van der Waals surface area contributed by atoms with E-state index in [1.165, 1.54) is 45.5 Å². The summed E-state index contributed by atoms with van der Waals surface area (Å²) in [6, 6.07) is 2.88. The van der Waals surface area contributed by atoms with Gasteiger partial charge in [0.2, 0.25) is 0 Å². The van der Waals surface area contributed by atoms with Crippen LogP contribution < -0.4 is 5.32 Å². The summed E-state index contributed by atoms with van der Waals surface area (Å²) in [7, 11) is 2.07. The third-order valence-electron chi connectivity index (χ3n) is 3.79. The molecule has 0 bridgehead atoms. The molecular formula is C14H22Br2N2S. The molecule has 1 N–H and O–H groups in total. The maximum atomic E-state index is 3.64. The first-order valence-electron chi connectivity index (χ1n) is 7.00. The second-order valence-electron chi connectivity index (χ2n) is 5.21. The van der Waals surface area contributed by atoms with Gasteiger partial charge in [-0.25, -0.2) is 0 Å². The molecule has 2 rings (SSSR count). The molecule has 108 valence electrons. The number of thiophene rings is 1. The van der Waals surface area contributed by atoms with Crippen molar-refractivity contribution in [1.29, 1.82) is 0 Å². The van der Waals surface area contributed by atoms with E-state index in [0.29, 0.717) is 6.04 Å². The molecule has 0 amide bonds. The van der Waals surface area contributed by atoms with Crippen LogP contribution in [0.1, 0.15) is 37.1 Å². The number of likely N-dealkylation sites (tertiary alicyclic amines) is 1. The fraction of sp³-hybridized carbons (Fsp3) is 0.714. The minimum absolute atomic E-state index is 0.578. The van der Waals surface area contributed by atoms with Crippen molar-refractivity contribution in [3.05, 3.63) is 19.2 Å². The Morgan fingerprint density at radius 2 is 2.26 bits per heavy atom. The summed E-state index contributed by atoms with van der Waals surface area (Å²) in [4.78, 5) is 4.17. The summed E-state index contributed by atoms with van der Waals surface area (Å²) >= 11 is 9.15. The van der Waals surface area contributed by atoms with E-state index in [0.717, 1.165) is 12.5 Å². The average molecular weight is 410 g/mol. The molecule has 1 fully saturated rings. The van der Waals surface area contributed by atoms with E-state index in [9.17, 15) is 0 Å². The first kappa shape index (κ1) is 16.0. The van der Waals surface area contributed by atoms with Crippen molar-refractivity contribution >= 4 is 43.2 Å². The lowest BCUT2D eigenvalue weighted by atomic mass is 9.88. The van der Waals surface area contributed by atoms with Crippen LogP contribution in [-0.4, -0.2) is 31.6 Å². The van der Waals surface area contributed by atoms with E-state index in [1.807, 2.05) is 11.3 Å². The Labute approximate surface area is 137 Å². The minimum atomic E-state index is 0.578. The number of hydrogen-bond acceptors (Lipinski definition) is 3. The highest BCUT2D eigenvalue weighted by molar-refractivity contribution is 9.13. The van der Waals surface area contributed by atoms with Gasteiger partial charge in [0.1, 0.15) is 0 Å². The fourth-order valence-electron chi connectivity index (χ4n) is 3.09. The highest BCUT2D eigenvalue weighted by Crippen LogP contribution is 2.43. The Balaban J connectivity index is 2.25. The van der Waals surface area contributed by atoms with Crippen LogP contribution in [0, 0.1) is 5.92 Å². The predicted octanol–water partition coefficient (Wildman–Crippen LogP) is 4.66. The molecule has 0 radical (unpaired) electrons. The molecule has 2 nitrogen and oxygen atoms in total. The van der Waals surface area contributed by atoms with Crippen LogP contribution >= 0.6 is 43.2 Å². The van der Waals surface area contributed by atoms with Crippen molar-refractivity contribution in [2.75, 3.05) is 26.7 Å². The van der Waals surface area contributed by atoms with E-state index >= 15 is 0 Å². The standard InChI is InChI=1S/C14H22Br2N2S/c1-3-6-18-7-4-5-10(9-17-2)13(18)12-8-11(15)14(16)19-12/h8,10,13,17H,3-7,9H2,1-2H3. The lowest BCUT2D eigenvalue weighted by molar-refractivity contribution is 0.0948. The monoisotopic (exact) mass is 408 g/mol. The minimum Gasteiger partial charge on any atom is -0.319 e. The molecule has 19 heavy (non-hydrogen) atoms. The molecular weight excluding hydrogens is 388 g/mol. The maximum Gasteiger partial charge on any atom is 0.0843 e. The highest BCUT2D eigenvalue weighted by atomic mass is 79.9. The number of hydrogen-bond donors (Lipinski definition) is 1. The second kappa shape index (κ2) is 7.55. The summed E-state index contributed by atoms with van der Waals surface area (Å²) in [6.07, 6.45) is 3.89. The van der Waals surface area contributed by atoms with Gasteiger partial charge in [-0.2, -0.15) is 0 Å². The fourth-order valence-corrected chi connectivity index (χ4v) is 5.41. The first-order valence-corrected chi connectivity index (χ1v) is 9.41. The van der Waals surface area contributed by atoms with Gasteiger partial charge in [-0.3, -0.25) is 4.90 Å². The van der Waals surface area contributed by atoms with E-state index in [4.69, 9.17) is 0 Å². The zero-order chi connectivity index (χ0) is 13.8. The maximum absolute atomic E-state index is 3.64. The van der Waals surface area contributed by atoms with Crippen LogP contribution in [-0.2, 0) is 0 Å². The summed E-state index contributed by atoms with van der Waals surface area (Å²) in [6.45, 7) is 5.83. The Bertz CT molecular complexity index is 371. The zero-order valence-corrected chi connectivity index (χ0v) is 15.6. The van der Waals surface area contributed by atoms with Gasteiger partial charge in [0.25, 0.3) is 0 Å². The molecule has 1 saturated heterocycles. The Kier molecular flexibility index (Phi) is 6.34. The van der Waals surface area contributed by atoms with E-state index in [-0.39, 0.29) is 0 Å². The third kappa shape index (κ3) is 3.82. The van der Waals surface area contributed by atoms with Gasteiger partial charge in [-0.15, -0.1) is 11.3 Å². The number of piperidine rings is 1. The summed E-state index contributed by atoms with van der Waals surface area (Å²) in [5.41, 5.74) is 0. The number of nitrogens with one attached hydrogen (secondary N) is 1. The SMILES string of the molecule is CCCN1CCCC(CNC)C1c1cc(Br)c(Br)s1. The molecule has 0 aromatic carbocycles. The topological polar surface area (TPSA) is 15.3 Å². The molecule has 1 aliphatic rings. The van der Waals surface area contributed by atoms with Crippen LogP contribution in [0.3, 0.4) is 0 Å². The molecule has 1 aromatic heterocycles. The van der Waals surface area contributed by atoms with Gasteiger partial charge < -0.3 is 5.32 Å². The molecule has 1 aliphatic heterocycles. The van der Waals surface area contributed by atoms with Crippen LogP contribution in [0.25, 0.3) is 0 Å². The molecule has 0 spiro atoms. The van der Waals surface area contributed by atoms with Gasteiger partial charge in [0.05, 0.1) is 3.79 Å². The van der Waals surface area contributed by atoms with Gasteiger partial charge >= 0.3 is 0 Å². The molecule has 5 heteroatoms. The highest BCUT2D eigenvalue weighted by Gasteiger charge is 2.33. The summed E-state index contributed by atoms with van der Waals surface area (Å²) in [5.74, 6) is 0.725. The van der Waals surface area contributed by atoms with Crippen molar-refractivity contribution in [3.63, 3.8) is 0 Å². The van der Waals surface area contributed by atoms with Crippen LogP contribution in [0.15, 0.2) is 14.3 Å². The predicted molar refractivity (Wildman–Crippen MR) is 91.0 cm³/mol. The number of nitrogens with zero attached hydrogens (tertiary/aromatic N) is 1. The van der Waals surface area contributed by atoms with Gasteiger partial charge in [-0.1, -0.05) is 6.92 Å². The van der Waals surface area contributed by atoms with Gasteiger partial charge in [0, 0.05) is 15.4 Å². The molecule has 2 atom stereocenters. The Hall–Kier alpha value is 0.580. The largest absolute Gasteiger partial charge is 0.319 e. The van der Waals surface area contributed by atoms with E-state index in [2.05, 4.69) is 62.1 Å². The van der Waals surface area contributed by atoms with Crippen molar-refractivity contribution < 1.29 is 0 Å². The first-order chi connectivity index (χ1) is 9.17. The van der Waals surface area contributed by atoms with Gasteiger partial charge in [-0.05, 0) is 89.8 Å². The van der Waals surface area contributed by atoms with E-state index < -0.39 is 0 Å². The molecule has 1 aromatic rings. The third-order valence-corrected chi connectivity index (χ3v) is 7.12. The van der Waals surface area contributed by atoms with Crippen molar-refractivity contribution in [2.45, 2.75) is 32.2 Å². The smallest absolute Gasteiger partial charge is 0.0843 e. The van der Waals surface area contributed by atoms with Crippen LogP contribution in [0.4, 0.5) is 0 Å². The lowest BCUT2D eigenvalue weighted by Gasteiger charge is -2.41. The van der Waals surface area contributed by atoms with Gasteiger partial charge in [0.15, 0.2) is 0 Å². The van der Waals surface area contributed by atoms with Crippen LogP contribution in [0.2, 0.25) is 0 Å². The number of rotatable bonds is 5. The normalized spacial score (nSPS) is 24.8. The quantitative estimate of drug-likeness (QED) is 0.760. The van der Waals surface area contributed by atoms with E-state index in [1.54, 1.807) is 0 Å². The van der Waals surface area contributed by atoms with Crippen molar-refractivity contribution in [3.8, 4) is 0 Å². The Morgan fingerprint density at radius 1 is 1.47 bits per heavy atom.